The number of aromatic nitrogens is 1. The van der Waals surface area contributed by atoms with Gasteiger partial charge in [-0.2, -0.15) is 0 Å². The average Bonchev–Trinajstić information content (AvgIpc) is 2.66. The number of hydrogen-bond acceptors (Lipinski definition) is 5. The third-order valence-electron chi connectivity index (χ3n) is 3.83. The van der Waals surface area contributed by atoms with E-state index in [0.29, 0.717) is 23.6 Å². The van der Waals surface area contributed by atoms with Crippen molar-refractivity contribution in [2.45, 2.75) is 19.9 Å². The summed E-state index contributed by atoms with van der Waals surface area (Å²) in [6.45, 7) is 2.48. The maximum absolute atomic E-state index is 11.2. The van der Waals surface area contributed by atoms with Crippen LogP contribution in [0.4, 0.5) is 5.69 Å². The third-order valence-corrected chi connectivity index (χ3v) is 3.83. The molecule has 0 aliphatic carbocycles. The van der Waals surface area contributed by atoms with E-state index < -0.39 is 5.97 Å². The number of anilines is 1. The molecule has 3 rings (SSSR count). The van der Waals surface area contributed by atoms with Crippen molar-refractivity contribution >= 4 is 11.7 Å². The van der Waals surface area contributed by atoms with Crippen molar-refractivity contribution < 1.29 is 19.7 Å². The maximum atomic E-state index is 11.2. The fourth-order valence-electron chi connectivity index (χ4n) is 2.55. The molecule has 6 nitrogen and oxygen atoms in total. The quantitative estimate of drug-likeness (QED) is 0.464. The van der Waals surface area contributed by atoms with Gasteiger partial charge in [-0.05, 0) is 48.9 Å². The molecule has 0 aliphatic rings. The van der Waals surface area contributed by atoms with E-state index in [0.717, 1.165) is 16.9 Å². The van der Waals surface area contributed by atoms with Crippen LogP contribution in [0.15, 0.2) is 66.9 Å². The molecule has 2 aromatic carbocycles. The molecular weight excluding hydrogens is 344 g/mol. The zero-order valence-corrected chi connectivity index (χ0v) is 14.9. The van der Waals surface area contributed by atoms with Crippen LogP contribution in [0.5, 0.6) is 11.5 Å². The van der Waals surface area contributed by atoms with Crippen LogP contribution in [0.1, 0.15) is 16.8 Å². The Bertz CT molecular complexity index is 913. The van der Waals surface area contributed by atoms with Crippen LogP contribution in [-0.2, 0) is 17.8 Å². The molecule has 27 heavy (non-hydrogen) atoms. The van der Waals surface area contributed by atoms with Crippen molar-refractivity contribution in [3.63, 3.8) is 0 Å². The minimum absolute atomic E-state index is 0.157. The number of aryl methyl sites for hydroxylation is 1. The summed E-state index contributed by atoms with van der Waals surface area (Å²) in [6, 6.07) is 18.3. The number of pyridine rings is 1. The molecule has 6 heteroatoms. The molecule has 0 atom stereocenters. The van der Waals surface area contributed by atoms with Crippen LogP contribution in [0.2, 0.25) is 0 Å². The number of para-hydroxylation sites is 1. The van der Waals surface area contributed by atoms with E-state index in [-0.39, 0.29) is 6.42 Å². The molecule has 0 spiro atoms. The fourth-order valence-corrected chi connectivity index (χ4v) is 2.55. The Hall–Kier alpha value is -3.54. The van der Waals surface area contributed by atoms with Crippen LogP contribution >= 0.6 is 0 Å². The fraction of sp³-hybridized carbons (Fsp3) is 0.143. The smallest absolute Gasteiger partial charge is 0.307 e. The number of hydrogen-bond donors (Lipinski definition) is 2. The second-order valence-corrected chi connectivity index (χ2v) is 6.03. The Balaban J connectivity index is 1.71. The van der Waals surface area contributed by atoms with Gasteiger partial charge >= 0.3 is 5.97 Å². The molecule has 2 N–H and O–H groups in total. The van der Waals surface area contributed by atoms with Gasteiger partial charge in [-0.3, -0.25) is 19.6 Å². The molecule has 0 saturated carbocycles. The number of carboxylic acid groups (broad SMARTS) is 1. The molecule has 0 radical (unpaired) electrons. The van der Waals surface area contributed by atoms with E-state index in [1.165, 1.54) is 0 Å². The van der Waals surface area contributed by atoms with E-state index in [1.807, 2.05) is 43.3 Å². The van der Waals surface area contributed by atoms with Crippen molar-refractivity contribution in [3.05, 3.63) is 83.7 Å². The van der Waals surface area contributed by atoms with Gasteiger partial charge in [-0.15, -0.1) is 0 Å². The molecule has 0 amide bonds. The van der Waals surface area contributed by atoms with Crippen LogP contribution in [0.3, 0.4) is 0 Å². The molecule has 3 aromatic rings. The van der Waals surface area contributed by atoms with Gasteiger partial charge < -0.3 is 10.4 Å². The molecule has 0 aliphatic heterocycles. The van der Waals surface area contributed by atoms with Crippen molar-refractivity contribution in [3.8, 4) is 11.5 Å². The van der Waals surface area contributed by atoms with Gasteiger partial charge in [0.15, 0.2) is 11.5 Å². The summed E-state index contributed by atoms with van der Waals surface area (Å²) in [5.74, 6) is -0.0169. The first-order chi connectivity index (χ1) is 13.1. The lowest BCUT2D eigenvalue weighted by Gasteiger charge is -2.12. The van der Waals surface area contributed by atoms with Crippen molar-refractivity contribution in [1.82, 2.24) is 4.98 Å². The van der Waals surface area contributed by atoms with E-state index in [4.69, 9.17) is 9.78 Å². The predicted octanol–water partition coefficient (Wildman–Crippen LogP) is 4.00. The SMILES string of the molecule is Cc1cc(NCc2ccc(OOc3ccccc3)c(CC(=O)O)c2)ccn1. The summed E-state index contributed by atoms with van der Waals surface area (Å²) in [5, 5.41) is 12.5. The largest absolute Gasteiger partial charge is 0.481 e. The van der Waals surface area contributed by atoms with Crippen molar-refractivity contribution in [2.24, 2.45) is 0 Å². The first kappa shape index (κ1) is 18.3. The summed E-state index contributed by atoms with van der Waals surface area (Å²) in [4.78, 5) is 26.0. The number of carbonyl (C=O) groups is 1. The van der Waals surface area contributed by atoms with Crippen LogP contribution in [0.25, 0.3) is 0 Å². The third kappa shape index (κ3) is 5.47. The summed E-state index contributed by atoms with van der Waals surface area (Å²) in [6.07, 6.45) is 1.58. The van der Waals surface area contributed by atoms with Gasteiger partial charge in [-0.25, -0.2) is 0 Å². The molecule has 0 fully saturated rings. The van der Waals surface area contributed by atoms with E-state index >= 15 is 0 Å². The van der Waals surface area contributed by atoms with Gasteiger partial charge in [0.2, 0.25) is 0 Å². The number of carboxylic acids is 1. The lowest BCUT2D eigenvalue weighted by atomic mass is 10.1. The number of rotatable bonds is 8. The molecule has 0 unspecified atom stereocenters. The average molecular weight is 364 g/mol. The highest BCUT2D eigenvalue weighted by molar-refractivity contribution is 5.71. The number of nitrogens with zero attached hydrogens (tertiary/aromatic N) is 1. The van der Waals surface area contributed by atoms with Gasteiger partial charge in [0.25, 0.3) is 0 Å². The van der Waals surface area contributed by atoms with Crippen LogP contribution in [-0.4, -0.2) is 16.1 Å². The molecule has 138 valence electrons. The van der Waals surface area contributed by atoms with E-state index in [9.17, 15) is 9.90 Å². The summed E-state index contributed by atoms with van der Waals surface area (Å²) in [5.41, 5.74) is 3.36. The Kier molecular flexibility index (Phi) is 5.89. The minimum atomic E-state index is -0.936. The van der Waals surface area contributed by atoms with Gasteiger partial charge in [0.05, 0.1) is 6.42 Å². The summed E-state index contributed by atoms with van der Waals surface area (Å²) < 4.78 is 0. The lowest BCUT2D eigenvalue weighted by molar-refractivity contribution is -0.136. The highest BCUT2D eigenvalue weighted by Crippen LogP contribution is 2.23. The predicted molar refractivity (Wildman–Crippen MR) is 102 cm³/mol. The second-order valence-electron chi connectivity index (χ2n) is 6.03. The van der Waals surface area contributed by atoms with E-state index in [1.54, 1.807) is 30.5 Å². The Labute approximate surface area is 157 Å². The first-order valence-corrected chi connectivity index (χ1v) is 8.50. The standard InChI is InChI=1S/C21H20N2O4/c1-15-11-18(9-10-22-15)23-14-16-7-8-20(17(12-16)13-21(24)25)27-26-19-5-3-2-4-6-19/h2-12H,13-14H2,1H3,(H,22,23)(H,24,25). The monoisotopic (exact) mass is 364 g/mol. The van der Waals surface area contributed by atoms with E-state index in [2.05, 4.69) is 10.3 Å². The Morgan fingerprint density at radius 1 is 1.07 bits per heavy atom. The first-order valence-electron chi connectivity index (χ1n) is 8.50. The van der Waals surface area contributed by atoms with Gasteiger partial charge in [0.1, 0.15) is 0 Å². The lowest BCUT2D eigenvalue weighted by Crippen LogP contribution is -2.08. The highest BCUT2D eigenvalue weighted by Gasteiger charge is 2.11. The van der Waals surface area contributed by atoms with Crippen molar-refractivity contribution in [2.75, 3.05) is 5.32 Å². The molecular formula is C21H20N2O4. The van der Waals surface area contributed by atoms with Crippen LogP contribution in [0, 0.1) is 6.92 Å². The zero-order chi connectivity index (χ0) is 19.1. The highest BCUT2D eigenvalue weighted by atomic mass is 17.2. The molecule has 0 bridgehead atoms. The van der Waals surface area contributed by atoms with Gasteiger partial charge in [0, 0.05) is 29.7 Å². The number of nitrogens with one attached hydrogen (secondary N) is 1. The summed E-state index contributed by atoms with van der Waals surface area (Å²) >= 11 is 0. The summed E-state index contributed by atoms with van der Waals surface area (Å²) in [7, 11) is 0. The minimum Gasteiger partial charge on any atom is -0.481 e. The van der Waals surface area contributed by atoms with Crippen molar-refractivity contribution in [1.29, 1.82) is 0 Å². The second kappa shape index (κ2) is 8.71. The van der Waals surface area contributed by atoms with Crippen LogP contribution < -0.4 is 15.1 Å². The zero-order valence-electron chi connectivity index (χ0n) is 14.9. The molecule has 1 aromatic heterocycles. The molecule has 0 saturated heterocycles. The number of aliphatic carboxylic acids is 1. The molecule has 1 heterocycles. The normalized spacial score (nSPS) is 10.3. The number of benzene rings is 2. The topological polar surface area (TPSA) is 80.7 Å². The Morgan fingerprint density at radius 2 is 1.89 bits per heavy atom. The van der Waals surface area contributed by atoms with Gasteiger partial charge in [-0.1, -0.05) is 24.3 Å². The Morgan fingerprint density at radius 3 is 2.63 bits per heavy atom. The maximum Gasteiger partial charge on any atom is 0.307 e.